The molecule has 8 heteroatoms. The van der Waals surface area contributed by atoms with Crippen LogP contribution in [-0.2, 0) is 7.05 Å². The summed E-state index contributed by atoms with van der Waals surface area (Å²) in [6, 6.07) is 8.94. The number of nitrogens with zero attached hydrogens (tertiary/aromatic N) is 5. The van der Waals surface area contributed by atoms with Crippen LogP contribution >= 0.6 is 0 Å². The number of carbonyl (C=O) groups excluding carboxylic acids is 1. The fourth-order valence-corrected chi connectivity index (χ4v) is 3.44. The van der Waals surface area contributed by atoms with E-state index in [4.69, 9.17) is 9.47 Å². The summed E-state index contributed by atoms with van der Waals surface area (Å²) < 4.78 is 12.8. The number of aromatic nitrogens is 4. The highest BCUT2D eigenvalue weighted by atomic mass is 16.5. The highest BCUT2D eigenvalue weighted by molar-refractivity contribution is 5.93. The Balaban J connectivity index is 1.58. The molecule has 1 amide bonds. The maximum absolute atomic E-state index is 12.9. The molecule has 1 aliphatic rings. The van der Waals surface area contributed by atoms with Crippen molar-refractivity contribution in [3.63, 3.8) is 0 Å². The molecule has 0 N–H and O–H groups in total. The summed E-state index contributed by atoms with van der Waals surface area (Å²) in [7, 11) is 3.35. The number of likely N-dealkylation sites (tertiary alicyclic amines) is 1. The van der Waals surface area contributed by atoms with E-state index >= 15 is 0 Å². The van der Waals surface area contributed by atoms with Gasteiger partial charge in [0.2, 0.25) is 5.88 Å². The van der Waals surface area contributed by atoms with Gasteiger partial charge in [-0.15, -0.1) is 0 Å². The molecule has 1 unspecified atom stereocenters. The topological polar surface area (TPSA) is 82.4 Å². The lowest BCUT2D eigenvalue weighted by molar-refractivity contribution is 0.0721. The standard InChI is InChI=1S/C20H21N5O3/c1-24-16(9-10-22-24)20(26)25-11-5-6-15(25)14-12-21-13-19(23-14)28-18-8-4-3-7-17(18)27-2/h3-4,7-10,12-13,15H,5-6,11H2,1-2H3. The molecule has 1 fully saturated rings. The smallest absolute Gasteiger partial charge is 0.272 e. The van der Waals surface area contributed by atoms with Gasteiger partial charge in [0.25, 0.3) is 5.91 Å². The molecule has 28 heavy (non-hydrogen) atoms. The predicted molar refractivity (Wildman–Crippen MR) is 101 cm³/mol. The maximum Gasteiger partial charge on any atom is 0.272 e. The Labute approximate surface area is 162 Å². The highest BCUT2D eigenvalue weighted by Crippen LogP contribution is 2.34. The first-order valence-electron chi connectivity index (χ1n) is 9.09. The van der Waals surface area contributed by atoms with Crippen LogP contribution in [0.1, 0.15) is 35.1 Å². The molecule has 2 aromatic heterocycles. The van der Waals surface area contributed by atoms with Crippen LogP contribution < -0.4 is 9.47 Å². The van der Waals surface area contributed by atoms with E-state index in [9.17, 15) is 4.79 Å². The van der Waals surface area contributed by atoms with Crippen molar-refractivity contribution in [2.24, 2.45) is 7.05 Å². The summed E-state index contributed by atoms with van der Waals surface area (Å²) in [5.74, 6) is 1.48. The second-order valence-electron chi connectivity index (χ2n) is 6.53. The van der Waals surface area contributed by atoms with Gasteiger partial charge in [-0.05, 0) is 31.0 Å². The van der Waals surface area contributed by atoms with Crippen molar-refractivity contribution in [1.82, 2.24) is 24.6 Å². The Morgan fingerprint density at radius 2 is 2.00 bits per heavy atom. The summed E-state index contributed by atoms with van der Waals surface area (Å²) in [6.07, 6.45) is 6.61. The predicted octanol–water partition coefficient (Wildman–Crippen LogP) is 2.99. The van der Waals surface area contributed by atoms with Gasteiger partial charge < -0.3 is 14.4 Å². The third-order valence-electron chi connectivity index (χ3n) is 4.81. The van der Waals surface area contributed by atoms with Gasteiger partial charge in [0.05, 0.1) is 31.2 Å². The average molecular weight is 379 g/mol. The van der Waals surface area contributed by atoms with Crippen molar-refractivity contribution in [1.29, 1.82) is 0 Å². The van der Waals surface area contributed by atoms with Crippen LogP contribution in [0.25, 0.3) is 0 Å². The van der Waals surface area contributed by atoms with Crippen molar-refractivity contribution >= 4 is 5.91 Å². The zero-order valence-corrected chi connectivity index (χ0v) is 15.8. The van der Waals surface area contributed by atoms with Crippen LogP contribution in [0.5, 0.6) is 17.4 Å². The summed E-state index contributed by atoms with van der Waals surface area (Å²) in [4.78, 5) is 23.6. The molecule has 3 aromatic rings. The molecular formula is C20H21N5O3. The van der Waals surface area contributed by atoms with E-state index in [2.05, 4.69) is 15.1 Å². The molecule has 0 saturated carbocycles. The summed E-state index contributed by atoms with van der Waals surface area (Å²) >= 11 is 0. The average Bonchev–Trinajstić information content (AvgIpc) is 3.37. The van der Waals surface area contributed by atoms with E-state index in [0.29, 0.717) is 35.3 Å². The summed E-state index contributed by atoms with van der Waals surface area (Å²) in [5.41, 5.74) is 1.27. The van der Waals surface area contributed by atoms with Crippen LogP contribution in [0.2, 0.25) is 0 Å². The first-order chi connectivity index (χ1) is 13.7. The second-order valence-corrected chi connectivity index (χ2v) is 6.53. The molecular weight excluding hydrogens is 358 g/mol. The largest absolute Gasteiger partial charge is 0.493 e. The number of rotatable bonds is 5. The fourth-order valence-electron chi connectivity index (χ4n) is 3.44. The number of benzene rings is 1. The molecule has 0 spiro atoms. The van der Waals surface area contributed by atoms with Crippen molar-refractivity contribution in [3.8, 4) is 17.4 Å². The molecule has 0 aliphatic carbocycles. The second kappa shape index (κ2) is 7.67. The van der Waals surface area contributed by atoms with Gasteiger partial charge in [-0.1, -0.05) is 12.1 Å². The summed E-state index contributed by atoms with van der Waals surface area (Å²) in [6.45, 7) is 0.675. The Morgan fingerprint density at radius 3 is 2.75 bits per heavy atom. The van der Waals surface area contributed by atoms with Gasteiger partial charge in [-0.2, -0.15) is 5.10 Å². The quantitative estimate of drug-likeness (QED) is 0.678. The molecule has 144 valence electrons. The van der Waals surface area contributed by atoms with E-state index in [0.717, 1.165) is 12.8 Å². The van der Waals surface area contributed by atoms with Crippen LogP contribution in [0, 0.1) is 0 Å². The molecule has 4 rings (SSSR count). The number of carbonyl (C=O) groups is 1. The number of para-hydroxylation sites is 2. The number of hydrogen-bond acceptors (Lipinski definition) is 6. The number of methoxy groups -OCH3 is 1. The van der Waals surface area contributed by atoms with Crippen LogP contribution in [0.15, 0.2) is 48.9 Å². The monoisotopic (exact) mass is 379 g/mol. The van der Waals surface area contributed by atoms with E-state index in [-0.39, 0.29) is 11.9 Å². The van der Waals surface area contributed by atoms with Gasteiger partial charge in [0, 0.05) is 19.8 Å². The first-order valence-corrected chi connectivity index (χ1v) is 9.09. The van der Waals surface area contributed by atoms with Crippen LogP contribution in [0.4, 0.5) is 0 Å². The van der Waals surface area contributed by atoms with Crippen molar-refractivity contribution in [2.75, 3.05) is 13.7 Å². The third kappa shape index (κ3) is 3.40. The Morgan fingerprint density at radius 1 is 1.18 bits per heavy atom. The molecule has 3 heterocycles. The number of amides is 1. The minimum atomic E-state index is -0.142. The maximum atomic E-state index is 12.9. The van der Waals surface area contributed by atoms with Gasteiger partial charge in [0.15, 0.2) is 11.5 Å². The Hall–Kier alpha value is -3.42. The normalized spacial score (nSPS) is 16.2. The van der Waals surface area contributed by atoms with E-state index in [1.165, 1.54) is 0 Å². The molecule has 8 nitrogen and oxygen atoms in total. The Kier molecular flexibility index (Phi) is 4.92. The lowest BCUT2D eigenvalue weighted by Crippen LogP contribution is -2.32. The number of hydrogen-bond donors (Lipinski definition) is 0. The van der Waals surface area contributed by atoms with Gasteiger partial charge in [0.1, 0.15) is 5.69 Å². The van der Waals surface area contributed by atoms with Crippen molar-refractivity contribution < 1.29 is 14.3 Å². The zero-order chi connectivity index (χ0) is 19.5. The van der Waals surface area contributed by atoms with Crippen LogP contribution in [-0.4, -0.2) is 44.2 Å². The number of aryl methyl sites for hydroxylation is 1. The fraction of sp³-hybridized carbons (Fsp3) is 0.300. The van der Waals surface area contributed by atoms with Crippen molar-refractivity contribution in [2.45, 2.75) is 18.9 Å². The van der Waals surface area contributed by atoms with E-state index in [1.807, 2.05) is 23.1 Å². The van der Waals surface area contributed by atoms with Crippen molar-refractivity contribution in [3.05, 3.63) is 60.3 Å². The summed E-state index contributed by atoms with van der Waals surface area (Å²) in [5, 5.41) is 4.09. The SMILES string of the molecule is COc1ccccc1Oc1cncc(C2CCCN2C(=O)c2ccnn2C)n1. The molecule has 1 atom stereocenters. The highest BCUT2D eigenvalue weighted by Gasteiger charge is 2.33. The minimum Gasteiger partial charge on any atom is -0.493 e. The van der Waals surface area contributed by atoms with Gasteiger partial charge in [-0.25, -0.2) is 4.98 Å². The molecule has 0 bridgehead atoms. The van der Waals surface area contributed by atoms with Crippen LogP contribution in [0.3, 0.4) is 0 Å². The molecule has 1 aliphatic heterocycles. The molecule has 1 saturated heterocycles. The lowest BCUT2D eigenvalue weighted by Gasteiger charge is -2.24. The Bertz CT molecular complexity index is 987. The van der Waals surface area contributed by atoms with Gasteiger partial charge in [-0.3, -0.25) is 14.5 Å². The third-order valence-corrected chi connectivity index (χ3v) is 4.81. The minimum absolute atomic E-state index is 0.0552. The van der Waals surface area contributed by atoms with E-state index < -0.39 is 0 Å². The lowest BCUT2D eigenvalue weighted by atomic mass is 10.1. The first kappa shape index (κ1) is 18.0. The zero-order valence-electron chi connectivity index (χ0n) is 15.8. The number of ether oxygens (including phenoxy) is 2. The van der Waals surface area contributed by atoms with Gasteiger partial charge >= 0.3 is 0 Å². The molecule has 0 radical (unpaired) electrons. The molecule has 1 aromatic carbocycles. The van der Waals surface area contributed by atoms with E-state index in [1.54, 1.807) is 49.6 Å².